The first kappa shape index (κ1) is 10.8. The Labute approximate surface area is 98.3 Å². The largest absolute Gasteiger partial charge is 0.321 e. The summed E-state index contributed by atoms with van der Waals surface area (Å²) in [5.74, 6) is -0.105. The third kappa shape index (κ3) is 2.46. The number of anilines is 1. The second kappa shape index (κ2) is 4.90. The maximum atomic E-state index is 11.7. The molecule has 0 saturated heterocycles. The molecule has 4 heteroatoms. The summed E-state index contributed by atoms with van der Waals surface area (Å²) in [5, 5.41) is 2.83. The molecule has 1 N–H and O–H groups in total. The van der Waals surface area contributed by atoms with E-state index in [1.807, 2.05) is 24.3 Å². The zero-order chi connectivity index (χ0) is 11.4. The van der Waals surface area contributed by atoms with E-state index in [1.54, 1.807) is 12.3 Å². The minimum absolute atomic E-state index is 0.105. The molecule has 0 radical (unpaired) electrons. The predicted molar refractivity (Wildman–Crippen MR) is 65.9 cm³/mol. The summed E-state index contributed by atoms with van der Waals surface area (Å²) in [4.78, 5) is 12.3. The van der Waals surface area contributed by atoms with E-state index in [0.29, 0.717) is 4.88 Å². The molecule has 0 aliphatic rings. The highest BCUT2D eigenvalue weighted by atomic mass is 32.1. The summed E-state index contributed by atoms with van der Waals surface area (Å²) in [5.41, 5.74) is 2.08. The molecule has 3 nitrogen and oxygen atoms in total. The molecule has 16 heavy (non-hydrogen) atoms. The van der Waals surface area contributed by atoms with E-state index >= 15 is 0 Å². The van der Waals surface area contributed by atoms with Gasteiger partial charge in [0.25, 0.3) is 5.91 Å². The number of hydrogen-bond acceptors (Lipinski definition) is 3. The smallest absolute Gasteiger partial charge is 0.267 e. The standard InChI is InChI=1S/C12H12N2OS/c1-2-9-3-5-10(6-4-9)14-12(15)11-7-8-13-16-11/h3-8H,2H2,1H3,(H,14,15). The summed E-state index contributed by atoms with van der Waals surface area (Å²) < 4.78 is 3.89. The molecule has 0 fully saturated rings. The molecule has 0 unspecified atom stereocenters. The van der Waals surface area contributed by atoms with Crippen LogP contribution in [0, 0.1) is 0 Å². The quantitative estimate of drug-likeness (QED) is 0.884. The minimum Gasteiger partial charge on any atom is -0.321 e. The summed E-state index contributed by atoms with van der Waals surface area (Å²) in [6.45, 7) is 2.10. The van der Waals surface area contributed by atoms with Gasteiger partial charge in [-0.05, 0) is 41.7 Å². The van der Waals surface area contributed by atoms with E-state index in [2.05, 4.69) is 16.6 Å². The molecular formula is C12H12N2OS. The number of aromatic nitrogens is 1. The van der Waals surface area contributed by atoms with Gasteiger partial charge in [-0.25, -0.2) is 4.37 Å². The Hall–Kier alpha value is -1.68. The number of hydrogen-bond donors (Lipinski definition) is 1. The van der Waals surface area contributed by atoms with Crippen molar-refractivity contribution < 1.29 is 4.79 Å². The second-order valence-corrected chi connectivity index (χ2v) is 4.21. The van der Waals surface area contributed by atoms with Crippen LogP contribution in [0.3, 0.4) is 0 Å². The summed E-state index contributed by atoms with van der Waals surface area (Å²) >= 11 is 1.20. The minimum atomic E-state index is -0.105. The number of nitrogens with one attached hydrogen (secondary N) is 1. The number of nitrogens with zero attached hydrogens (tertiary/aromatic N) is 1. The molecule has 0 aliphatic heterocycles. The van der Waals surface area contributed by atoms with E-state index in [-0.39, 0.29) is 5.91 Å². The zero-order valence-corrected chi connectivity index (χ0v) is 9.75. The van der Waals surface area contributed by atoms with Gasteiger partial charge >= 0.3 is 0 Å². The number of aryl methyl sites for hydroxylation is 1. The lowest BCUT2D eigenvalue weighted by molar-refractivity contribution is 0.103. The van der Waals surface area contributed by atoms with Gasteiger partial charge < -0.3 is 5.32 Å². The normalized spacial score (nSPS) is 10.1. The van der Waals surface area contributed by atoms with Gasteiger partial charge in [-0.15, -0.1) is 0 Å². The Morgan fingerprint density at radius 2 is 2.06 bits per heavy atom. The molecule has 82 valence electrons. The topological polar surface area (TPSA) is 42.0 Å². The van der Waals surface area contributed by atoms with Crippen molar-refractivity contribution in [1.82, 2.24) is 4.37 Å². The average molecular weight is 232 g/mol. The van der Waals surface area contributed by atoms with Crippen molar-refractivity contribution in [3.63, 3.8) is 0 Å². The van der Waals surface area contributed by atoms with Crippen LogP contribution in [0.4, 0.5) is 5.69 Å². The molecule has 0 bridgehead atoms. The monoisotopic (exact) mass is 232 g/mol. The molecule has 0 atom stereocenters. The first-order chi connectivity index (χ1) is 7.79. The van der Waals surface area contributed by atoms with Crippen molar-refractivity contribution >= 4 is 23.1 Å². The Balaban J connectivity index is 2.06. The lowest BCUT2D eigenvalue weighted by atomic mass is 10.1. The highest BCUT2D eigenvalue weighted by Gasteiger charge is 2.06. The average Bonchev–Trinajstić information content (AvgIpc) is 2.83. The number of carbonyl (C=O) groups excluding carboxylic acids is 1. The van der Waals surface area contributed by atoms with Crippen molar-refractivity contribution in [2.45, 2.75) is 13.3 Å². The van der Waals surface area contributed by atoms with Crippen LogP contribution in [-0.4, -0.2) is 10.3 Å². The maximum Gasteiger partial charge on any atom is 0.267 e. The summed E-state index contributed by atoms with van der Waals surface area (Å²) in [6.07, 6.45) is 2.63. The Kier molecular flexibility index (Phi) is 3.31. The van der Waals surface area contributed by atoms with E-state index < -0.39 is 0 Å². The highest BCUT2D eigenvalue weighted by Crippen LogP contribution is 2.13. The molecule has 1 aromatic carbocycles. The predicted octanol–water partition coefficient (Wildman–Crippen LogP) is 2.96. The fraction of sp³-hybridized carbons (Fsp3) is 0.167. The van der Waals surface area contributed by atoms with E-state index in [0.717, 1.165) is 12.1 Å². The number of rotatable bonds is 3. The third-order valence-corrected chi connectivity index (χ3v) is 3.03. The summed E-state index contributed by atoms with van der Waals surface area (Å²) in [6, 6.07) is 9.57. The molecule has 2 rings (SSSR count). The Morgan fingerprint density at radius 3 is 2.62 bits per heavy atom. The lowest BCUT2D eigenvalue weighted by Crippen LogP contribution is -2.09. The van der Waals surface area contributed by atoms with Crippen LogP contribution in [0.15, 0.2) is 36.5 Å². The number of amides is 1. The van der Waals surface area contributed by atoms with Crippen LogP contribution >= 0.6 is 11.5 Å². The van der Waals surface area contributed by atoms with Gasteiger partial charge in [0, 0.05) is 11.9 Å². The molecule has 2 aromatic rings. The second-order valence-electron chi connectivity index (χ2n) is 3.38. The van der Waals surface area contributed by atoms with E-state index in [4.69, 9.17) is 0 Å². The SMILES string of the molecule is CCc1ccc(NC(=O)c2ccns2)cc1. The van der Waals surface area contributed by atoms with Crippen molar-refractivity contribution in [1.29, 1.82) is 0 Å². The highest BCUT2D eigenvalue weighted by molar-refractivity contribution is 7.08. The number of carbonyl (C=O) groups is 1. The molecular weight excluding hydrogens is 220 g/mol. The molecule has 1 amide bonds. The maximum absolute atomic E-state index is 11.7. The van der Waals surface area contributed by atoms with Crippen LogP contribution < -0.4 is 5.32 Å². The van der Waals surface area contributed by atoms with Gasteiger partial charge in [0.05, 0.1) is 0 Å². The van der Waals surface area contributed by atoms with E-state index in [1.165, 1.54) is 17.1 Å². The van der Waals surface area contributed by atoms with Crippen molar-refractivity contribution in [2.75, 3.05) is 5.32 Å². The van der Waals surface area contributed by atoms with Crippen LogP contribution in [0.2, 0.25) is 0 Å². The zero-order valence-electron chi connectivity index (χ0n) is 8.93. The Morgan fingerprint density at radius 1 is 1.31 bits per heavy atom. The van der Waals surface area contributed by atoms with Gasteiger partial charge in [0.2, 0.25) is 0 Å². The van der Waals surface area contributed by atoms with Crippen LogP contribution in [0.1, 0.15) is 22.2 Å². The van der Waals surface area contributed by atoms with Crippen LogP contribution in [0.25, 0.3) is 0 Å². The van der Waals surface area contributed by atoms with E-state index in [9.17, 15) is 4.79 Å². The molecule has 1 heterocycles. The van der Waals surface area contributed by atoms with Crippen molar-refractivity contribution in [3.05, 3.63) is 47.0 Å². The van der Waals surface area contributed by atoms with Gasteiger partial charge in [-0.3, -0.25) is 4.79 Å². The first-order valence-corrected chi connectivity index (χ1v) is 5.88. The summed E-state index contributed by atoms with van der Waals surface area (Å²) in [7, 11) is 0. The first-order valence-electron chi connectivity index (χ1n) is 5.10. The van der Waals surface area contributed by atoms with Gasteiger partial charge in [-0.2, -0.15) is 0 Å². The van der Waals surface area contributed by atoms with Crippen LogP contribution in [0.5, 0.6) is 0 Å². The molecule has 0 aliphatic carbocycles. The van der Waals surface area contributed by atoms with Gasteiger partial charge in [-0.1, -0.05) is 19.1 Å². The molecule has 0 spiro atoms. The molecule has 1 aromatic heterocycles. The fourth-order valence-electron chi connectivity index (χ4n) is 1.35. The van der Waals surface area contributed by atoms with Crippen molar-refractivity contribution in [3.8, 4) is 0 Å². The van der Waals surface area contributed by atoms with Gasteiger partial charge in [0.1, 0.15) is 4.88 Å². The lowest BCUT2D eigenvalue weighted by Gasteiger charge is -2.03. The van der Waals surface area contributed by atoms with Gasteiger partial charge in [0.15, 0.2) is 0 Å². The Bertz CT molecular complexity index is 462. The number of benzene rings is 1. The fourth-order valence-corrected chi connectivity index (χ4v) is 1.84. The van der Waals surface area contributed by atoms with Crippen LogP contribution in [-0.2, 0) is 6.42 Å². The van der Waals surface area contributed by atoms with Crippen molar-refractivity contribution in [2.24, 2.45) is 0 Å². The molecule has 0 saturated carbocycles. The third-order valence-electron chi connectivity index (χ3n) is 2.28.